The zero-order valence-corrected chi connectivity index (χ0v) is 12.1. The van der Waals surface area contributed by atoms with Crippen LogP contribution in [0.25, 0.3) is 0 Å². The molecule has 0 unspecified atom stereocenters. The molecule has 0 radical (unpaired) electrons. The number of nitrogens with one attached hydrogen (secondary N) is 2. The van der Waals surface area contributed by atoms with Crippen LogP contribution in [0.5, 0.6) is 0 Å². The number of rotatable bonds is 7. The number of carboxylic acid groups (broad SMARTS) is 1. The largest absolute Gasteiger partial charge is 0.481 e. The highest BCUT2D eigenvalue weighted by atomic mass is 79.9. The number of hydrogen-bond donors (Lipinski definition) is 3. The van der Waals surface area contributed by atoms with E-state index in [2.05, 4.69) is 26.6 Å². The lowest BCUT2D eigenvalue weighted by Gasteiger charge is -2.07. The van der Waals surface area contributed by atoms with Crippen LogP contribution in [0.2, 0.25) is 0 Å². The summed E-state index contributed by atoms with van der Waals surface area (Å²) < 4.78 is 0.955. The molecule has 1 aromatic rings. The second-order valence-electron chi connectivity index (χ2n) is 4.09. The third-order valence-corrected chi connectivity index (χ3v) is 2.98. The third-order valence-electron chi connectivity index (χ3n) is 2.46. The Labute approximate surface area is 120 Å². The number of aliphatic carboxylic acids is 1. The van der Waals surface area contributed by atoms with Gasteiger partial charge in [-0.3, -0.25) is 4.79 Å². The van der Waals surface area contributed by atoms with Crippen LogP contribution in [0.1, 0.15) is 25.7 Å². The molecule has 0 saturated carbocycles. The van der Waals surface area contributed by atoms with Crippen LogP contribution in [-0.2, 0) is 4.79 Å². The summed E-state index contributed by atoms with van der Waals surface area (Å²) in [4.78, 5) is 21.8. The summed E-state index contributed by atoms with van der Waals surface area (Å²) in [7, 11) is 0. The fourth-order valence-corrected chi connectivity index (χ4v) is 1.75. The lowest BCUT2D eigenvalue weighted by atomic mass is 10.2. The van der Waals surface area contributed by atoms with Crippen molar-refractivity contribution in [2.24, 2.45) is 0 Å². The molecule has 1 rings (SSSR count). The minimum absolute atomic E-state index is 0.186. The predicted octanol–water partition coefficient (Wildman–Crippen LogP) is 3.22. The van der Waals surface area contributed by atoms with Gasteiger partial charge in [-0.1, -0.05) is 22.4 Å². The molecule has 0 aliphatic rings. The van der Waals surface area contributed by atoms with Crippen molar-refractivity contribution in [2.75, 3.05) is 11.9 Å². The number of carbonyl (C=O) groups is 2. The van der Waals surface area contributed by atoms with E-state index in [0.717, 1.165) is 23.0 Å². The molecular formula is C13H17BrN2O3. The molecule has 0 aliphatic heterocycles. The Hall–Kier alpha value is -1.56. The van der Waals surface area contributed by atoms with E-state index >= 15 is 0 Å². The van der Waals surface area contributed by atoms with E-state index in [1.54, 1.807) is 12.1 Å². The number of carbonyl (C=O) groups excluding carboxylic acids is 1. The number of unbranched alkanes of at least 4 members (excludes halogenated alkanes) is 2. The van der Waals surface area contributed by atoms with Crippen molar-refractivity contribution in [3.63, 3.8) is 0 Å². The van der Waals surface area contributed by atoms with Crippen LogP contribution in [0.4, 0.5) is 10.5 Å². The maximum atomic E-state index is 11.5. The van der Waals surface area contributed by atoms with E-state index in [0.29, 0.717) is 13.0 Å². The molecule has 0 fully saturated rings. The predicted molar refractivity (Wildman–Crippen MR) is 77.3 cm³/mol. The van der Waals surface area contributed by atoms with Crippen molar-refractivity contribution >= 4 is 33.6 Å². The van der Waals surface area contributed by atoms with Crippen LogP contribution < -0.4 is 10.6 Å². The standard InChI is InChI=1S/C13H17BrN2O3/c14-10-5-7-11(8-6-10)16-13(19)15-9-3-1-2-4-12(17)18/h5-8H,1-4,9H2,(H,17,18)(H2,15,16,19). The van der Waals surface area contributed by atoms with E-state index in [1.807, 2.05) is 12.1 Å². The summed E-state index contributed by atoms with van der Waals surface area (Å²) in [6.45, 7) is 0.544. The maximum Gasteiger partial charge on any atom is 0.319 e. The van der Waals surface area contributed by atoms with Crippen molar-refractivity contribution in [1.82, 2.24) is 5.32 Å². The van der Waals surface area contributed by atoms with Crippen molar-refractivity contribution < 1.29 is 14.7 Å². The van der Waals surface area contributed by atoms with Crippen LogP contribution in [0.15, 0.2) is 28.7 Å². The molecule has 1 aromatic carbocycles. The molecule has 19 heavy (non-hydrogen) atoms. The molecule has 0 saturated heterocycles. The van der Waals surface area contributed by atoms with Crippen LogP contribution in [0, 0.1) is 0 Å². The molecule has 0 atom stereocenters. The lowest BCUT2D eigenvalue weighted by molar-refractivity contribution is -0.137. The second-order valence-corrected chi connectivity index (χ2v) is 5.01. The monoisotopic (exact) mass is 328 g/mol. The average molecular weight is 329 g/mol. The van der Waals surface area contributed by atoms with Crippen molar-refractivity contribution in [3.8, 4) is 0 Å². The molecule has 3 N–H and O–H groups in total. The van der Waals surface area contributed by atoms with Gasteiger partial charge >= 0.3 is 12.0 Å². The highest BCUT2D eigenvalue weighted by Crippen LogP contribution is 2.13. The number of amides is 2. The minimum atomic E-state index is -0.777. The van der Waals surface area contributed by atoms with Gasteiger partial charge in [0.05, 0.1) is 0 Å². The third kappa shape index (κ3) is 7.46. The molecule has 2 amide bonds. The first-order valence-electron chi connectivity index (χ1n) is 6.10. The molecule has 0 aromatic heterocycles. The molecule has 0 bridgehead atoms. The highest BCUT2D eigenvalue weighted by Gasteiger charge is 2.01. The van der Waals surface area contributed by atoms with Gasteiger partial charge in [0.15, 0.2) is 0 Å². The molecular weight excluding hydrogens is 312 g/mol. The van der Waals surface area contributed by atoms with E-state index < -0.39 is 5.97 Å². The zero-order chi connectivity index (χ0) is 14.1. The summed E-state index contributed by atoms with van der Waals surface area (Å²) in [6.07, 6.45) is 2.41. The molecule has 104 valence electrons. The summed E-state index contributed by atoms with van der Waals surface area (Å²) in [5.74, 6) is -0.777. The average Bonchev–Trinajstić information content (AvgIpc) is 2.36. The van der Waals surface area contributed by atoms with Crippen molar-refractivity contribution in [1.29, 1.82) is 0 Å². The molecule has 0 spiro atoms. The number of benzene rings is 1. The molecule has 0 heterocycles. The van der Waals surface area contributed by atoms with E-state index in [1.165, 1.54) is 0 Å². The quantitative estimate of drug-likeness (QED) is 0.672. The first kappa shape index (κ1) is 15.5. The number of halogens is 1. The SMILES string of the molecule is O=C(O)CCCCCNC(=O)Nc1ccc(Br)cc1. The van der Waals surface area contributed by atoms with Gasteiger partial charge in [-0.2, -0.15) is 0 Å². The Morgan fingerprint density at radius 1 is 1.11 bits per heavy atom. The molecule has 0 aliphatic carbocycles. The normalized spacial score (nSPS) is 9.95. The summed E-state index contributed by atoms with van der Waals surface area (Å²) >= 11 is 3.32. The number of carboxylic acids is 1. The Morgan fingerprint density at radius 2 is 1.79 bits per heavy atom. The maximum absolute atomic E-state index is 11.5. The number of anilines is 1. The fraction of sp³-hybridized carbons (Fsp3) is 0.385. The summed E-state index contributed by atoms with van der Waals surface area (Å²) in [6, 6.07) is 7.05. The van der Waals surface area contributed by atoms with Crippen LogP contribution >= 0.6 is 15.9 Å². The molecule has 6 heteroatoms. The van der Waals surface area contributed by atoms with Gasteiger partial charge in [-0.05, 0) is 37.1 Å². The van der Waals surface area contributed by atoms with Crippen molar-refractivity contribution in [3.05, 3.63) is 28.7 Å². The van der Waals surface area contributed by atoms with Gasteiger partial charge in [0, 0.05) is 23.1 Å². The first-order chi connectivity index (χ1) is 9.08. The van der Waals surface area contributed by atoms with Gasteiger partial charge in [0.2, 0.25) is 0 Å². The smallest absolute Gasteiger partial charge is 0.319 e. The summed E-state index contributed by atoms with van der Waals surface area (Å²) in [5.41, 5.74) is 0.728. The number of hydrogen-bond acceptors (Lipinski definition) is 2. The van der Waals surface area contributed by atoms with Gasteiger partial charge in [0.1, 0.15) is 0 Å². The van der Waals surface area contributed by atoms with Gasteiger partial charge in [-0.25, -0.2) is 4.79 Å². The highest BCUT2D eigenvalue weighted by molar-refractivity contribution is 9.10. The van der Waals surface area contributed by atoms with E-state index in [-0.39, 0.29) is 12.5 Å². The fourth-order valence-electron chi connectivity index (χ4n) is 1.49. The number of urea groups is 1. The lowest BCUT2D eigenvalue weighted by Crippen LogP contribution is -2.29. The van der Waals surface area contributed by atoms with E-state index in [9.17, 15) is 9.59 Å². The molecule has 5 nitrogen and oxygen atoms in total. The second kappa shape index (κ2) is 8.53. The Bertz CT molecular complexity index is 420. The summed E-state index contributed by atoms with van der Waals surface area (Å²) in [5, 5.41) is 13.9. The minimum Gasteiger partial charge on any atom is -0.481 e. The van der Waals surface area contributed by atoms with E-state index in [4.69, 9.17) is 5.11 Å². The van der Waals surface area contributed by atoms with Crippen LogP contribution in [-0.4, -0.2) is 23.7 Å². The van der Waals surface area contributed by atoms with Crippen LogP contribution in [0.3, 0.4) is 0 Å². The van der Waals surface area contributed by atoms with Gasteiger partial charge < -0.3 is 15.7 Å². The van der Waals surface area contributed by atoms with Gasteiger partial charge in [0.25, 0.3) is 0 Å². The Kier molecular flexibility index (Phi) is 6.95. The van der Waals surface area contributed by atoms with Crippen molar-refractivity contribution in [2.45, 2.75) is 25.7 Å². The zero-order valence-electron chi connectivity index (χ0n) is 10.5. The van der Waals surface area contributed by atoms with Gasteiger partial charge in [-0.15, -0.1) is 0 Å². The first-order valence-corrected chi connectivity index (χ1v) is 6.89. The Morgan fingerprint density at radius 3 is 2.42 bits per heavy atom. The Balaban J connectivity index is 2.11. The topological polar surface area (TPSA) is 78.4 Å².